The number of likely N-dealkylation sites (tertiary alicyclic amines) is 1. The second-order valence-electron chi connectivity index (χ2n) is 7.13. The third kappa shape index (κ3) is 2.40. The van der Waals surface area contributed by atoms with Crippen molar-refractivity contribution in [3.8, 4) is 5.75 Å². The van der Waals surface area contributed by atoms with Crippen molar-refractivity contribution in [2.24, 2.45) is 11.8 Å². The van der Waals surface area contributed by atoms with Gasteiger partial charge in [-0.15, -0.1) is 0 Å². The number of benzene rings is 1. The average Bonchev–Trinajstić information content (AvgIpc) is 3.25. The minimum atomic E-state index is 0.318. The van der Waals surface area contributed by atoms with Crippen LogP contribution >= 0.6 is 0 Å². The van der Waals surface area contributed by atoms with E-state index in [1.807, 2.05) is 0 Å². The lowest BCUT2D eigenvalue weighted by Crippen LogP contribution is -2.36. The molecule has 2 heteroatoms. The molecule has 0 unspecified atom stereocenters. The van der Waals surface area contributed by atoms with Gasteiger partial charge in [0, 0.05) is 25.0 Å². The van der Waals surface area contributed by atoms with Crippen LogP contribution in [0.25, 0.3) is 0 Å². The third-order valence-corrected chi connectivity index (χ3v) is 5.69. The molecular weight excluding hydrogens is 258 g/mol. The summed E-state index contributed by atoms with van der Waals surface area (Å²) in [6.45, 7) is 3.83. The van der Waals surface area contributed by atoms with Crippen molar-refractivity contribution in [1.82, 2.24) is 4.90 Å². The Morgan fingerprint density at radius 2 is 2.19 bits per heavy atom. The normalized spacial score (nSPS) is 32.1. The van der Waals surface area contributed by atoms with E-state index in [2.05, 4.69) is 41.3 Å². The summed E-state index contributed by atoms with van der Waals surface area (Å²) >= 11 is 0. The Morgan fingerprint density at radius 1 is 1.29 bits per heavy atom. The minimum Gasteiger partial charge on any atom is -0.497 e. The summed E-state index contributed by atoms with van der Waals surface area (Å²) in [5.41, 5.74) is 1.80. The number of fused-ring (bicyclic) bond motifs is 1. The Hall–Kier alpha value is -1.28. The van der Waals surface area contributed by atoms with Gasteiger partial charge in [0.05, 0.1) is 7.11 Å². The number of hydrogen-bond donors (Lipinski definition) is 0. The summed E-state index contributed by atoms with van der Waals surface area (Å²) < 4.78 is 5.46. The summed E-state index contributed by atoms with van der Waals surface area (Å²) in [7, 11) is 1.77. The van der Waals surface area contributed by atoms with Crippen molar-refractivity contribution in [2.75, 3.05) is 26.7 Å². The van der Waals surface area contributed by atoms with Crippen molar-refractivity contribution in [1.29, 1.82) is 0 Å². The molecule has 2 fully saturated rings. The topological polar surface area (TPSA) is 12.5 Å². The first-order chi connectivity index (χ1) is 10.3. The molecule has 1 aromatic carbocycles. The molecular formula is C19H25NO. The monoisotopic (exact) mass is 283 g/mol. The number of nitrogens with zero attached hydrogens (tertiary/aromatic N) is 1. The van der Waals surface area contributed by atoms with Gasteiger partial charge in [0.25, 0.3) is 0 Å². The second-order valence-corrected chi connectivity index (χ2v) is 7.13. The lowest BCUT2D eigenvalue weighted by molar-refractivity contribution is 0.296. The standard InChI is InChI=1S/C19H25NO/c1-21-18-7-4-6-16(11-18)19-10-3-2-5-17(19)13-20(14-19)12-15-8-9-15/h2-4,6-7,11,15,17H,5,8-10,12-14H2,1H3/t17-,19-/m1/s1. The highest BCUT2D eigenvalue weighted by atomic mass is 16.5. The predicted octanol–water partition coefficient (Wildman–Crippen LogP) is 3.62. The fourth-order valence-corrected chi connectivity index (χ4v) is 4.35. The molecule has 0 spiro atoms. The van der Waals surface area contributed by atoms with Crippen LogP contribution in [0.3, 0.4) is 0 Å². The van der Waals surface area contributed by atoms with Crippen LogP contribution in [0.2, 0.25) is 0 Å². The fourth-order valence-electron chi connectivity index (χ4n) is 4.35. The molecule has 1 saturated heterocycles. The fraction of sp³-hybridized carbons (Fsp3) is 0.579. The quantitative estimate of drug-likeness (QED) is 0.783. The van der Waals surface area contributed by atoms with Crippen molar-refractivity contribution >= 4 is 0 Å². The maximum Gasteiger partial charge on any atom is 0.119 e. The summed E-state index contributed by atoms with van der Waals surface area (Å²) in [5.74, 6) is 2.75. The molecule has 0 amide bonds. The molecule has 21 heavy (non-hydrogen) atoms. The molecule has 0 aromatic heterocycles. The molecule has 112 valence electrons. The third-order valence-electron chi connectivity index (χ3n) is 5.69. The summed E-state index contributed by atoms with van der Waals surface area (Å²) in [5, 5.41) is 0. The smallest absolute Gasteiger partial charge is 0.119 e. The van der Waals surface area contributed by atoms with E-state index in [1.54, 1.807) is 7.11 Å². The maximum atomic E-state index is 5.46. The van der Waals surface area contributed by atoms with Gasteiger partial charge < -0.3 is 9.64 Å². The molecule has 2 atom stereocenters. The van der Waals surface area contributed by atoms with Crippen molar-refractivity contribution < 1.29 is 4.74 Å². The first kappa shape index (κ1) is 13.4. The van der Waals surface area contributed by atoms with Crippen molar-refractivity contribution in [3.63, 3.8) is 0 Å². The van der Waals surface area contributed by atoms with Crippen molar-refractivity contribution in [2.45, 2.75) is 31.1 Å². The molecule has 2 aliphatic carbocycles. The number of allylic oxidation sites excluding steroid dienone is 2. The van der Waals surface area contributed by atoms with Crippen LogP contribution in [0.4, 0.5) is 0 Å². The van der Waals surface area contributed by atoms with Gasteiger partial charge in [0.2, 0.25) is 0 Å². The lowest BCUT2D eigenvalue weighted by Gasteiger charge is -2.37. The Bertz CT molecular complexity index is 548. The zero-order valence-electron chi connectivity index (χ0n) is 12.9. The van der Waals surface area contributed by atoms with Gasteiger partial charge in [-0.05, 0) is 55.2 Å². The van der Waals surface area contributed by atoms with Gasteiger partial charge in [-0.1, -0.05) is 24.3 Å². The van der Waals surface area contributed by atoms with Gasteiger partial charge >= 0.3 is 0 Å². The average molecular weight is 283 g/mol. The Labute approximate surface area is 127 Å². The lowest BCUT2D eigenvalue weighted by atomic mass is 9.67. The Kier molecular flexibility index (Phi) is 3.30. The number of hydrogen-bond acceptors (Lipinski definition) is 2. The molecule has 1 aromatic rings. The first-order valence-corrected chi connectivity index (χ1v) is 8.32. The van der Waals surface area contributed by atoms with E-state index in [4.69, 9.17) is 4.74 Å². The van der Waals surface area contributed by atoms with Crippen LogP contribution in [0, 0.1) is 11.8 Å². The van der Waals surface area contributed by atoms with Crippen LogP contribution in [-0.4, -0.2) is 31.6 Å². The van der Waals surface area contributed by atoms with E-state index < -0.39 is 0 Å². The van der Waals surface area contributed by atoms with Gasteiger partial charge in [0.15, 0.2) is 0 Å². The summed E-state index contributed by atoms with van der Waals surface area (Å²) in [4.78, 5) is 2.73. The van der Waals surface area contributed by atoms with Gasteiger partial charge in [-0.3, -0.25) is 0 Å². The molecule has 0 radical (unpaired) electrons. The molecule has 1 aliphatic heterocycles. The van der Waals surface area contributed by atoms with E-state index in [0.717, 1.165) is 17.6 Å². The van der Waals surface area contributed by atoms with Crippen LogP contribution in [0.1, 0.15) is 31.2 Å². The van der Waals surface area contributed by atoms with Crippen molar-refractivity contribution in [3.05, 3.63) is 42.0 Å². The largest absolute Gasteiger partial charge is 0.497 e. The highest BCUT2D eigenvalue weighted by Crippen LogP contribution is 2.48. The Balaban J connectivity index is 1.65. The first-order valence-electron chi connectivity index (χ1n) is 8.32. The van der Waals surface area contributed by atoms with E-state index in [1.165, 1.54) is 50.9 Å². The van der Waals surface area contributed by atoms with E-state index in [0.29, 0.717) is 5.41 Å². The zero-order chi connectivity index (χ0) is 14.3. The molecule has 4 rings (SSSR count). The molecule has 0 N–H and O–H groups in total. The van der Waals surface area contributed by atoms with Gasteiger partial charge in [0.1, 0.15) is 5.75 Å². The highest BCUT2D eigenvalue weighted by Gasteiger charge is 2.48. The molecule has 1 saturated carbocycles. The summed E-state index contributed by atoms with van der Waals surface area (Å²) in [6.07, 6.45) is 10.1. The van der Waals surface area contributed by atoms with E-state index >= 15 is 0 Å². The Morgan fingerprint density at radius 3 is 3.00 bits per heavy atom. The van der Waals surface area contributed by atoms with E-state index in [9.17, 15) is 0 Å². The highest BCUT2D eigenvalue weighted by molar-refractivity contribution is 5.38. The van der Waals surface area contributed by atoms with Crippen LogP contribution in [0.15, 0.2) is 36.4 Å². The maximum absolute atomic E-state index is 5.46. The molecule has 3 aliphatic rings. The van der Waals surface area contributed by atoms with Crippen LogP contribution in [0.5, 0.6) is 5.75 Å². The second kappa shape index (κ2) is 5.17. The number of rotatable bonds is 4. The zero-order valence-corrected chi connectivity index (χ0v) is 12.9. The number of ether oxygens (including phenoxy) is 1. The summed E-state index contributed by atoms with van der Waals surface area (Å²) in [6, 6.07) is 8.80. The molecule has 2 nitrogen and oxygen atoms in total. The molecule has 1 heterocycles. The van der Waals surface area contributed by atoms with E-state index in [-0.39, 0.29) is 0 Å². The minimum absolute atomic E-state index is 0.318. The van der Waals surface area contributed by atoms with Gasteiger partial charge in [-0.25, -0.2) is 0 Å². The predicted molar refractivity (Wildman–Crippen MR) is 85.7 cm³/mol. The number of methoxy groups -OCH3 is 1. The van der Waals surface area contributed by atoms with Crippen LogP contribution in [-0.2, 0) is 5.41 Å². The SMILES string of the molecule is COc1cccc([C@]23CC=CC[C@@H]2CN(CC2CC2)C3)c1. The van der Waals surface area contributed by atoms with Gasteiger partial charge in [-0.2, -0.15) is 0 Å². The molecule has 0 bridgehead atoms. The van der Waals surface area contributed by atoms with Crippen LogP contribution < -0.4 is 4.74 Å².